The third-order valence-electron chi connectivity index (χ3n) is 3.54. The fraction of sp³-hybridized carbons (Fsp3) is 0.167. The van der Waals surface area contributed by atoms with E-state index >= 15 is 0 Å². The molecule has 1 aromatic carbocycles. The van der Waals surface area contributed by atoms with Crippen LogP contribution < -0.4 is 10.6 Å². The number of thiazole rings is 1. The van der Waals surface area contributed by atoms with Gasteiger partial charge in [-0.2, -0.15) is 0 Å². The largest absolute Gasteiger partial charge is 0.459 e. The van der Waals surface area contributed by atoms with E-state index in [2.05, 4.69) is 15.6 Å². The van der Waals surface area contributed by atoms with Crippen LogP contribution in [0, 0.1) is 12.7 Å². The maximum absolute atomic E-state index is 13.0. The molecule has 0 aliphatic carbocycles. The van der Waals surface area contributed by atoms with E-state index in [-0.39, 0.29) is 36.4 Å². The molecule has 0 saturated heterocycles. The molecule has 0 radical (unpaired) electrons. The van der Waals surface area contributed by atoms with Crippen molar-refractivity contribution in [2.45, 2.75) is 13.3 Å². The molecule has 26 heavy (non-hydrogen) atoms. The van der Waals surface area contributed by atoms with Gasteiger partial charge in [0.15, 0.2) is 10.9 Å². The van der Waals surface area contributed by atoms with Crippen LogP contribution in [0.3, 0.4) is 0 Å². The first-order valence-electron chi connectivity index (χ1n) is 7.88. The molecule has 2 amide bonds. The molecule has 3 rings (SSSR count). The van der Waals surface area contributed by atoms with Gasteiger partial charge < -0.3 is 15.1 Å². The third kappa shape index (κ3) is 4.34. The number of aryl methyl sites for hydroxylation is 1. The van der Waals surface area contributed by atoms with Gasteiger partial charge in [-0.1, -0.05) is 0 Å². The summed E-state index contributed by atoms with van der Waals surface area (Å²) in [5.41, 5.74) is 1.49. The summed E-state index contributed by atoms with van der Waals surface area (Å²) in [6.45, 7) is 2.07. The van der Waals surface area contributed by atoms with Crippen LogP contribution in [0.4, 0.5) is 9.52 Å². The summed E-state index contributed by atoms with van der Waals surface area (Å²) in [7, 11) is 0. The number of benzene rings is 1. The highest BCUT2D eigenvalue weighted by molar-refractivity contribution is 7.16. The predicted octanol–water partition coefficient (Wildman–Crippen LogP) is 3.61. The lowest BCUT2D eigenvalue weighted by Gasteiger charge is -2.03. The van der Waals surface area contributed by atoms with Crippen LogP contribution in [-0.2, 0) is 4.79 Å². The number of nitrogens with zero attached hydrogens (tertiary/aromatic N) is 1. The first-order chi connectivity index (χ1) is 12.5. The van der Waals surface area contributed by atoms with Crippen molar-refractivity contribution in [1.29, 1.82) is 0 Å². The molecule has 0 aliphatic rings. The maximum Gasteiger partial charge on any atom is 0.286 e. The molecule has 0 aliphatic heterocycles. The zero-order valence-electron chi connectivity index (χ0n) is 13.9. The van der Waals surface area contributed by atoms with Crippen molar-refractivity contribution in [3.8, 4) is 11.3 Å². The second-order valence-corrected chi connectivity index (χ2v) is 6.67. The Labute approximate surface area is 153 Å². The second-order valence-electron chi connectivity index (χ2n) is 5.46. The van der Waals surface area contributed by atoms with Crippen molar-refractivity contribution in [3.05, 3.63) is 59.1 Å². The molecular weight excluding hydrogens is 357 g/mol. The van der Waals surface area contributed by atoms with Gasteiger partial charge in [-0.15, -0.1) is 11.3 Å². The number of furan rings is 1. The van der Waals surface area contributed by atoms with Gasteiger partial charge in [0.1, 0.15) is 5.82 Å². The fourth-order valence-corrected chi connectivity index (χ4v) is 3.14. The van der Waals surface area contributed by atoms with Crippen LogP contribution in [0.5, 0.6) is 0 Å². The first-order valence-corrected chi connectivity index (χ1v) is 8.69. The van der Waals surface area contributed by atoms with Crippen LogP contribution >= 0.6 is 11.3 Å². The topological polar surface area (TPSA) is 84.2 Å². The van der Waals surface area contributed by atoms with Gasteiger partial charge in [0.05, 0.1) is 12.0 Å². The number of carbonyl (C=O) groups is 2. The number of rotatable bonds is 6. The summed E-state index contributed by atoms with van der Waals surface area (Å²) in [6, 6.07) is 9.19. The summed E-state index contributed by atoms with van der Waals surface area (Å²) in [5, 5.41) is 5.78. The summed E-state index contributed by atoms with van der Waals surface area (Å²) in [5.74, 6) is -0.743. The normalized spacial score (nSPS) is 10.5. The van der Waals surface area contributed by atoms with E-state index in [1.807, 2.05) is 6.92 Å². The smallest absolute Gasteiger partial charge is 0.286 e. The van der Waals surface area contributed by atoms with Gasteiger partial charge >= 0.3 is 0 Å². The van der Waals surface area contributed by atoms with Crippen LogP contribution in [-0.4, -0.2) is 23.3 Å². The zero-order chi connectivity index (χ0) is 18.5. The Morgan fingerprint density at radius 3 is 2.69 bits per heavy atom. The minimum atomic E-state index is -0.369. The molecule has 2 N–H and O–H groups in total. The lowest BCUT2D eigenvalue weighted by molar-refractivity contribution is -0.116. The molecule has 2 heterocycles. The summed E-state index contributed by atoms with van der Waals surface area (Å²) in [4.78, 5) is 29.0. The molecule has 134 valence electrons. The number of carbonyl (C=O) groups excluding carboxylic acids is 2. The number of hydrogen-bond acceptors (Lipinski definition) is 5. The predicted molar refractivity (Wildman–Crippen MR) is 96.5 cm³/mol. The van der Waals surface area contributed by atoms with E-state index < -0.39 is 0 Å². The first kappa shape index (κ1) is 17.8. The van der Waals surface area contributed by atoms with E-state index in [1.165, 1.54) is 29.7 Å². The molecule has 0 unspecified atom stereocenters. The average molecular weight is 373 g/mol. The SMILES string of the molecule is Cc1sc(NC(=O)CCNC(=O)c2ccco2)nc1-c1ccc(F)cc1. The molecule has 6 nitrogen and oxygen atoms in total. The summed E-state index contributed by atoms with van der Waals surface area (Å²) in [6.07, 6.45) is 1.52. The van der Waals surface area contributed by atoms with E-state index in [9.17, 15) is 14.0 Å². The molecule has 8 heteroatoms. The molecule has 0 saturated carbocycles. The number of aromatic nitrogens is 1. The van der Waals surface area contributed by atoms with Gasteiger partial charge in [0, 0.05) is 23.4 Å². The van der Waals surface area contributed by atoms with Gasteiger partial charge in [-0.3, -0.25) is 9.59 Å². The Balaban J connectivity index is 1.54. The van der Waals surface area contributed by atoms with Crippen molar-refractivity contribution in [2.75, 3.05) is 11.9 Å². The van der Waals surface area contributed by atoms with E-state index in [0.717, 1.165) is 10.4 Å². The third-order valence-corrected chi connectivity index (χ3v) is 4.43. The van der Waals surface area contributed by atoms with Crippen molar-refractivity contribution in [3.63, 3.8) is 0 Å². The number of nitrogens with one attached hydrogen (secondary N) is 2. The maximum atomic E-state index is 13.0. The Morgan fingerprint density at radius 1 is 1.23 bits per heavy atom. The fourth-order valence-electron chi connectivity index (χ4n) is 2.29. The van der Waals surface area contributed by atoms with Gasteiger partial charge in [0.25, 0.3) is 5.91 Å². The lowest BCUT2D eigenvalue weighted by Crippen LogP contribution is -2.27. The van der Waals surface area contributed by atoms with E-state index in [1.54, 1.807) is 24.3 Å². The highest BCUT2D eigenvalue weighted by atomic mass is 32.1. The monoisotopic (exact) mass is 373 g/mol. The highest BCUT2D eigenvalue weighted by Crippen LogP contribution is 2.30. The second kappa shape index (κ2) is 7.92. The Morgan fingerprint density at radius 2 is 2.00 bits per heavy atom. The number of hydrogen-bond donors (Lipinski definition) is 2. The molecule has 3 aromatic rings. The minimum absolute atomic E-state index is 0.108. The van der Waals surface area contributed by atoms with Gasteiger partial charge in [-0.05, 0) is 43.3 Å². The molecule has 0 atom stereocenters. The number of halogens is 1. The van der Waals surface area contributed by atoms with Crippen LogP contribution in [0.2, 0.25) is 0 Å². The number of amides is 2. The zero-order valence-corrected chi connectivity index (χ0v) is 14.7. The molecular formula is C18H16FN3O3S. The van der Waals surface area contributed by atoms with Crippen LogP contribution in [0.15, 0.2) is 47.1 Å². The molecule has 0 fully saturated rings. The van der Waals surface area contributed by atoms with Gasteiger partial charge in [-0.25, -0.2) is 9.37 Å². The molecule has 0 bridgehead atoms. The Bertz CT molecular complexity index is 904. The van der Waals surface area contributed by atoms with Crippen molar-refractivity contribution < 1.29 is 18.4 Å². The minimum Gasteiger partial charge on any atom is -0.459 e. The lowest BCUT2D eigenvalue weighted by atomic mass is 10.1. The molecule has 2 aromatic heterocycles. The quantitative estimate of drug-likeness (QED) is 0.691. The standard InChI is InChI=1S/C18H16FN3O3S/c1-11-16(12-4-6-13(19)7-5-12)22-18(26-11)21-15(23)8-9-20-17(24)14-3-2-10-25-14/h2-7,10H,8-9H2,1H3,(H,20,24)(H,21,22,23). The Hall–Kier alpha value is -3.00. The van der Waals surface area contributed by atoms with Crippen LogP contribution in [0.25, 0.3) is 11.3 Å². The summed E-state index contributed by atoms with van der Waals surface area (Å²) < 4.78 is 18.0. The van der Waals surface area contributed by atoms with Crippen molar-refractivity contribution in [2.24, 2.45) is 0 Å². The summed E-state index contributed by atoms with van der Waals surface area (Å²) >= 11 is 1.34. The average Bonchev–Trinajstić information content (AvgIpc) is 3.25. The molecule has 0 spiro atoms. The van der Waals surface area contributed by atoms with E-state index in [4.69, 9.17) is 4.42 Å². The van der Waals surface area contributed by atoms with Crippen molar-refractivity contribution >= 4 is 28.3 Å². The highest BCUT2D eigenvalue weighted by Gasteiger charge is 2.13. The Kier molecular flexibility index (Phi) is 5.43. The number of anilines is 1. The van der Waals surface area contributed by atoms with Crippen molar-refractivity contribution in [1.82, 2.24) is 10.3 Å². The van der Waals surface area contributed by atoms with Gasteiger partial charge in [0.2, 0.25) is 5.91 Å². The van der Waals surface area contributed by atoms with Crippen LogP contribution in [0.1, 0.15) is 21.9 Å². The van der Waals surface area contributed by atoms with E-state index in [0.29, 0.717) is 10.8 Å².